The number of rotatable bonds is 56. The second-order valence-electron chi connectivity index (χ2n) is 22.2. The second-order valence-corrected chi connectivity index (χ2v) is 23.6. The molecule has 3 atom stereocenters. The summed E-state index contributed by atoms with van der Waals surface area (Å²) >= 11 is 0. The highest BCUT2D eigenvalue weighted by molar-refractivity contribution is 7.45. The molecule has 0 aliphatic rings. The van der Waals surface area contributed by atoms with E-state index in [4.69, 9.17) is 13.8 Å². The molecular formula is C69H119N2O7P. The summed E-state index contributed by atoms with van der Waals surface area (Å²) in [4.78, 5) is 40.0. The minimum absolute atomic E-state index is 0.0426. The van der Waals surface area contributed by atoms with Gasteiger partial charge >= 0.3 is 5.97 Å². The molecule has 9 nitrogen and oxygen atoms in total. The van der Waals surface area contributed by atoms with E-state index in [0.29, 0.717) is 23.9 Å². The van der Waals surface area contributed by atoms with Crippen molar-refractivity contribution >= 4 is 19.7 Å². The predicted octanol–water partition coefficient (Wildman–Crippen LogP) is 19.3. The number of amides is 1. The number of allylic oxidation sites excluding steroid dienone is 19. The molecule has 452 valence electrons. The largest absolute Gasteiger partial charge is 0.756 e. The minimum Gasteiger partial charge on any atom is -0.756 e. The van der Waals surface area contributed by atoms with E-state index in [9.17, 15) is 19.0 Å². The summed E-state index contributed by atoms with van der Waals surface area (Å²) in [5.41, 5.74) is 0. The van der Waals surface area contributed by atoms with E-state index in [-0.39, 0.29) is 31.3 Å². The first kappa shape index (κ1) is 75.4. The van der Waals surface area contributed by atoms with Crippen LogP contribution < -0.4 is 10.2 Å². The van der Waals surface area contributed by atoms with E-state index in [2.05, 4.69) is 123 Å². The van der Waals surface area contributed by atoms with Gasteiger partial charge in [-0.05, 0) is 109 Å². The van der Waals surface area contributed by atoms with Gasteiger partial charge in [-0.2, -0.15) is 0 Å². The Balaban J connectivity index is 5.27. The normalized spacial score (nSPS) is 14.5. The first-order valence-corrected chi connectivity index (χ1v) is 33.3. The van der Waals surface area contributed by atoms with Crippen LogP contribution in [0, 0.1) is 0 Å². The van der Waals surface area contributed by atoms with Gasteiger partial charge in [-0.15, -0.1) is 0 Å². The molecule has 0 heterocycles. The van der Waals surface area contributed by atoms with Crippen molar-refractivity contribution in [3.63, 3.8) is 0 Å². The van der Waals surface area contributed by atoms with Crippen LogP contribution in [0.4, 0.5) is 0 Å². The Morgan fingerprint density at radius 2 is 0.823 bits per heavy atom. The summed E-state index contributed by atoms with van der Waals surface area (Å²) in [7, 11) is 1.12. The lowest BCUT2D eigenvalue weighted by Gasteiger charge is -2.30. The first-order chi connectivity index (χ1) is 38.4. The Hall–Kier alpha value is -3.59. The molecular weight excluding hydrogens is 1000 g/mol. The molecule has 3 unspecified atom stereocenters. The van der Waals surface area contributed by atoms with Crippen molar-refractivity contribution in [2.75, 3.05) is 40.9 Å². The van der Waals surface area contributed by atoms with Gasteiger partial charge in [0.05, 0.1) is 33.8 Å². The van der Waals surface area contributed by atoms with Crippen molar-refractivity contribution in [3.05, 3.63) is 122 Å². The summed E-state index contributed by atoms with van der Waals surface area (Å²) in [5.74, 6) is -0.651. The number of hydrogen-bond acceptors (Lipinski definition) is 7. The lowest BCUT2D eigenvalue weighted by Crippen LogP contribution is -2.47. The lowest BCUT2D eigenvalue weighted by molar-refractivity contribution is -0.870. The monoisotopic (exact) mass is 1120 g/mol. The third-order valence-electron chi connectivity index (χ3n) is 13.4. The molecule has 10 heteroatoms. The molecule has 0 saturated heterocycles. The molecule has 0 bridgehead atoms. The van der Waals surface area contributed by atoms with Crippen LogP contribution in [0.3, 0.4) is 0 Å². The standard InChI is InChI=1S/C69H119N2O7P/c1-7-10-13-16-19-22-25-28-30-32-33-34-35-36-37-38-39-40-42-44-47-50-53-56-59-62-69(73)78-67(60-57-54-51-48-45-27-24-21-18-15-12-9-3)66(65-77-79(74,75)76-64-63-71(4,5)6)70-68(72)61-58-55-52-49-46-43-41-31-29-26-23-20-17-14-11-8-2/h11,14,19-20,22-23,28-31,33-34,36-37,43,46,52,55,57,60,66-67H,7-10,12-13,15-18,21,24-27,32,35,38-42,44-45,47-51,53-54,56,58-59,61-65H2,1-6H3,(H-,70,72,74,75)/b14-11+,22-19-,23-20+,30-28-,31-29+,34-33-,37-36-,46-43+,55-52+,60-57-. The number of phosphoric acid groups is 1. The molecule has 0 rings (SSSR count). The number of likely N-dealkylation sites (N-methyl/N-ethyl adjacent to an activating group) is 1. The van der Waals surface area contributed by atoms with E-state index in [1.54, 1.807) is 0 Å². The number of carbonyl (C=O) groups is 2. The maximum Gasteiger partial charge on any atom is 0.306 e. The fraction of sp³-hybridized carbons (Fsp3) is 0.681. The summed E-state index contributed by atoms with van der Waals surface area (Å²) < 4.78 is 30.3. The van der Waals surface area contributed by atoms with Gasteiger partial charge in [0.25, 0.3) is 7.82 Å². The molecule has 0 fully saturated rings. The van der Waals surface area contributed by atoms with Gasteiger partial charge in [-0.3, -0.25) is 14.2 Å². The van der Waals surface area contributed by atoms with E-state index in [1.165, 1.54) is 109 Å². The van der Waals surface area contributed by atoms with Crippen molar-refractivity contribution in [2.45, 2.75) is 264 Å². The van der Waals surface area contributed by atoms with Crippen LogP contribution in [0.25, 0.3) is 0 Å². The smallest absolute Gasteiger partial charge is 0.306 e. The van der Waals surface area contributed by atoms with Crippen molar-refractivity contribution < 1.29 is 37.3 Å². The van der Waals surface area contributed by atoms with Gasteiger partial charge in [-0.25, -0.2) is 0 Å². The van der Waals surface area contributed by atoms with Crippen LogP contribution in [0.15, 0.2) is 122 Å². The average molecular weight is 1120 g/mol. The molecule has 1 N–H and O–H groups in total. The quantitative estimate of drug-likeness (QED) is 0.0212. The molecule has 1 amide bonds. The Morgan fingerprint density at radius 1 is 0.456 bits per heavy atom. The summed E-state index contributed by atoms with van der Waals surface area (Å²) in [6.45, 7) is 6.62. The first-order valence-electron chi connectivity index (χ1n) is 31.8. The zero-order chi connectivity index (χ0) is 57.9. The molecule has 0 spiro atoms. The predicted molar refractivity (Wildman–Crippen MR) is 339 cm³/mol. The molecule has 0 aromatic rings. The highest BCUT2D eigenvalue weighted by Gasteiger charge is 2.27. The van der Waals surface area contributed by atoms with E-state index >= 15 is 0 Å². The Kier molecular flexibility index (Phi) is 55.0. The highest BCUT2D eigenvalue weighted by atomic mass is 31.2. The number of quaternary nitrogens is 1. The number of hydrogen-bond donors (Lipinski definition) is 1. The highest BCUT2D eigenvalue weighted by Crippen LogP contribution is 2.38. The van der Waals surface area contributed by atoms with Crippen molar-refractivity contribution in [1.82, 2.24) is 5.32 Å². The SMILES string of the molecule is CC/C=C/C/C=C/C/C=C/C/C=C/C/C=C/CCC(=O)NC(COP(=O)([O-])OCC[N+](C)(C)C)C(/C=C\CCCCCCCCCCCC)OC(=O)CCCCCCCCCCC/C=C\C/C=C\C/C=C\C/C=C\CCCCC. The molecule has 0 aliphatic carbocycles. The van der Waals surface area contributed by atoms with E-state index in [0.717, 1.165) is 96.3 Å². The number of carbonyl (C=O) groups excluding carboxylic acids is 2. The topological polar surface area (TPSA) is 114 Å². The maximum atomic E-state index is 13.5. The summed E-state index contributed by atoms with van der Waals surface area (Å²) in [6.07, 6.45) is 80.5. The minimum atomic E-state index is -4.73. The van der Waals surface area contributed by atoms with Crippen LogP contribution in [-0.2, 0) is 27.9 Å². The second kappa shape index (κ2) is 57.6. The zero-order valence-corrected chi connectivity index (χ0v) is 52.4. The Morgan fingerprint density at radius 3 is 1.27 bits per heavy atom. The molecule has 0 aromatic carbocycles. The molecule has 0 radical (unpaired) electrons. The van der Waals surface area contributed by atoms with Crippen molar-refractivity contribution in [2.24, 2.45) is 0 Å². The van der Waals surface area contributed by atoms with Gasteiger partial charge in [-0.1, -0.05) is 252 Å². The summed E-state index contributed by atoms with van der Waals surface area (Å²) in [5, 5.41) is 2.97. The Labute approximate surface area is 486 Å². The third-order valence-corrected chi connectivity index (χ3v) is 14.4. The molecule has 0 aliphatic heterocycles. The van der Waals surface area contributed by atoms with Gasteiger partial charge in [0, 0.05) is 12.8 Å². The zero-order valence-electron chi connectivity index (χ0n) is 51.5. The number of esters is 1. The average Bonchev–Trinajstić information content (AvgIpc) is 3.41. The van der Waals surface area contributed by atoms with Crippen LogP contribution >= 0.6 is 7.82 Å². The van der Waals surface area contributed by atoms with Gasteiger partial charge in [0.2, 0.25) is 5.91 Å². The number of phosphoric ester groups is 1. The van der Waals surface area contributed by atoms with Crippen LogP contribution in [0.2, 0.25) is 0 Å². The van der Waals surface area contributed by atoms with Gasteiger partial charge in [0.15, 0.2) is 0 Å². The molecule has 79 heavy (non-hydrogen) atoms. The maximum absolute atomic E-state index is 13.5. The van der Waals surface area contributed by atoms with E-state index < -0.39 is 26.6 Å². The number of ether oxygens (including phenoxy) is 1. The van der Waals surface area contributed by atoms with Crippen LogP contribution in [-0.4, -0.2) is 69.4 Å². The van der Waals surface area contributed by atoms with E-state index in [1.807, 2.05) is 45.4 Å². The fourth-order valence-corrected chi connectivity index (χ4v) is 9.22. The number of nitrogens with one attached hydrogen (secondary N) is 1. The Bertz CT molecular complexity index is 1770. The molecule has 0 aromatic heterocycles. The summed E-state index contributed by atoms with van der Waals surface area (Å²) in [6, 6.07) is -0.938. The number of nitrogens with zero attached hydrogens (tertiary/aromatic N) is 1. The lowest BCUT2D eigenvalue weighted by atomic mass is 10.0. The number of unbranched alkanes of at least 4 members (excludes halogenated alkanes) is 22. The third kappa shape index (κ3) is 58.9. The van der Waals surface area contributed by atoms with Crippen molar-refractivity contribution in [3.8, 4) is 0 Å². The van der Waals surface area contributed by atoms with Crippen LogP contribution in [0.1, 0.15) is 252 Å². The van der Waals surface area contributed by atoms with Gasteiger partial charge in [0.1, 0.15) is 19.3 Å². The van der Waals surface area contributed by atoms with Crippen molar-refractivity contribution in [1.29, 1.82) is 0 Å². The van der Waals surface area contributed by atoms with Crippen LogP contribution in [0.5, 0.6) is 0 Å². The van der Waals surface area contributed by atoms with Gasteiger partial charge < -0.3 is 28.5 Å². The molecule has 0 saturated carbocycles. The fourth-order valence-electron chi connectivity index (χ4n) is 8.49.